The molecule has 3 heteroatoms. The Hall–Kier alpha value is -0.380. The van der Waals surface area contributed by atoms with E-state index in [1.165, 1.54) is 0 Å². The van der Waals surface area contributed by atoms with Crippen molar-refractivity contribution in [3.8, 4) is 0 Å². The molecule has 0 saturated heterocycles. The van der Waals surface area contributed by atoms with Crippen molar-refractivity contribution >= 4 is 0 Å². The van der Waals surface area contributed by atoms with Crippen molar-refractivity contribution in [1.29, 1.82) is 0 Å². The minimum atomic E-state index is -0.940. The van der Waals surface area contributed by atoms with Crippen LogP contribution in [0.1, 0.15) is 72.1 Å². The molecule has 3 nitrogen and oxygen atoms in total. The van der Waals surface area contributed by atoms with Gasteiger partial charge in [-0.25, -0.2) is 0 Å². The molecule has 3 saturated carbocycles. The second-order valence-electron chi connectivity index (χ2n) is 9.77. The van der Waals surface area contributed by atoms with E-state index >= 15 is 0 Å². The van der Waals surface area contributed by atoms with Crippen LogP contribution in [-0.2, 0) is 0 Å². The third-order valence-corrected chi connectivity index (χ3v) is 8.96. The van der Waals surface area contributed by atoms with Crippen molar-refractivity contribution in [2.45, 2.75) is 89.9 Å². The van der Waals surface area contributed by atoms with Crippen molar-refractivity contribution < 1.29 is 15.3 Å². The average molecular weight is 335 g/mol. The molecule has 0 aliphatic heterocycles. The van der Waals surface area contributed by atoms with Gasteiger partial charge in [0, 0.05) is 5.41 Å². The summed E-state index contributed by atoms with van der Waals surface area (Å²) in [4.78, 5) is 0. The Morgan fingerprint density at radius 2 is 1.79 bits per heavy atom. The minimum absolute atomic E-state index is 0.112. The zero-order valence-electron chi connectivity index (χ0n) is 15.5. The van der Waals surface area contributed by atoms with Gasteiger partial charge in [0.15, 0.2) is 0 Å². The van der Waals surface area contributed by atoms with Gasteiger partial charge in [-0.1, -0.05) is 25.5 Å². The van der Waals surface area contributed by atoms with Gasteiger partial charge in [-0.2, -0.15) is 0 Å². The number of rotatable bonds is 1. The largest absolute Gasteiger partial charge is 0.393 e. The van der Waals surface area contributed by atoms with Crippen molar-refractivity contribution in [2.75, 3.05) is 0 Å². The molecule has 0 aromatic heterocycles. The summed E-state index contributed by atoms with van der Waals surface area (Å²) in [6.07, 6.45) is 9.64. The monoisotopic (exact) mass is 334 g/mol. The zero-order valence-corrected chi connectivity index (χ0v) is 15.5. The van der Waals surface area contributed by atoms with Crippen LogP contribution in [0.2, 0.25) is 0 Å². The van der Waals surface area contributed by atoms with Crippen molar-refractivity contribution in [3.63, 3.8) is 0 Å². The summed E-state index contributed by atoms with van der Waals surface area (Å²) < 4.78 is 0. The number of hydrogen-bond acceptors (Lipinski definition) is 3. The molecule has 3 N–H and O–H groups in total. The smallest absolute Gasteiger partial charge is 0.0961 e. The number of hydrogen-bond donors (Lipinski definition) is 3. The second kappa shape index (κ2) is 5.31. The number of allylic oxidation sites excluding steroid dienone is 2. The Bertz CT molecular complexity index is 555. The Morgan fingerprint density at radius 3 is 2.50 bits per heavy atom. The summed E-state index contributed by atoms with van der Waals surface area (Å²) in [5.41, 5.74) is 0.761. The van der Waals surface area contributed by atoms with Gasteiger partial charge in [0.25, 0.3) is 0 Å². The SMILES string of the molecule is CC(O)[C@@]1(O)CC[C@H]2C3=CCC4CC(O)CC[C@]4(C)[C@H]3CC[C@@]21C. The Kier molecular flexibility index (Phi) is 3.77. The molecule has 4 aliphatic rings. The Labute approximate surface area is 146 Å². The summed E-state index contributed by atoms with van der Waals surface area (Å²) in [5, 5.41) is 31.6. The van der Waals surface area contributed by atoms with Gasteiger partial charge in [-0.05, 0) is 81.5 Å². The summed E-state index contributed by atoms with van der Waals surface area (Å²) in [7, 11) is 0. The van der Waals surface area contributed by atoms with Gasteiger partial charge >= 0.3 is 0 Å². The fraction of sp³-hybridized carbons (Fsp3) is 0.905. The normalized spacial score (nSPS) is 55.2. The summed E-state index contributed by atoms with van der Waals surface area (Å²) in [6.45, 7) is 6.43. The van der Waals surface area contributed by atoms with Crippen LogP contribution in [-0.4, -0.2) is 33.1 Å². The first-order valence-electron chi connectivity index (χ1n) is 10.0. The van der Waals surface area contributed by atoms with E-state index in [9.17, 15) is 15.3 Å². The summed E-state index contributed by atoms with van der Waals surface area (Å²) in [5.74, 6) is 1.63. The van der Waals surface area contributed by atoms with Gasteiger partial charge in [0.2, 0.25) is 0 Å². The molecule has 0 radical (unpaired) electrons. The van der Waals surface area contributed by atoms with Crippen LogP contribution in [0.4, 0.5) is 0 Å². The molecule has 3 unspecified atom stereocenters. The van der Waals surface area contributed by atoms with Crippen molar-refractivity contribution in [1.82, 2.24) is 0 Å². The highest BCUT2D eigenvalue weighted by Crippen LogP contribution is 2.67. The molecule has 0 amide bonds. The molecular weight excluding hydrogens is 300 g/mol. The highest BCUT2D eigenvalue weighted by molar-refractivity contribution is 5.30. The topological polar surface area (TPSA) is 60.7 Å². The summed E-state index contributed by atoms with van der Waals surface area (Å²) in [6, 6.07) is 0. The Morgan fingerprint density at radius 1 is 1.08 bits per heavy atom. The van der Waals surface area contributed by atoms with Crippen LogP contribution < -0.4 is 0 Å². The standard InChI is InChI=1S/C21H34O3/c1-13(22)21(24)11-8-18-16-5-4-14-12-15(23)6-9-19(14,2)17(16)7-10-20(18,21)3/h5,13-15,17-18,22-24H,4,6-12H2,1-3H3/t13?,14?,15?,17-,18-,19-,20-,21-/m0/s1. The molecule has 0 aromatic carbocycles. The fourth-order valence-corrected chi connectivity index (χ4v) is 7.23. The van der Waals surface area contributed by atoms with Gasteiger partial charge in [0.05, 0.1) is 17.8 Å². The van der Waals surface area contributed by atoms with Crippen LogP contribution in [0, 0.1) is 28.6 Å². The second-order valence-corrected chi connectivity index (χ2v) is 9.77. The molecule has 3 fully saturated rings. The van der Waals surface area contributed by atoms with E-state index in [1.807, 2.05) is 0 Å². The highest BCUT2D eigenvalue weighted by atomic mass is 16.3. The molecule has 4 aliphatic carbocycles. The van der Waals surface area contributed by atoms with Gasteiger partial charge in [-0.15, -0.1) is 0 Å². The first-order valence-corrected chi connectivity index (χ1v) is 10.0. The number of aliphatic hydroxyl groups is 3. The third kappa shape index (κ3) is 2.01. The molecule has 8 atom stereocenters. The molecule has 4 rings (SSSR count). The minimum Gasteiger partial charge on any atom is -0.393 e. The van der Waals surface area contributed by atoms with Gasteiger partial charge in [0.1, 0.15) is 0 Å². The van der Waals surface area contributed by atoms with E-state index in [1.54, 1.807) is 12.5 Å². The van der Waals surface area contributed by atoms with E-state index in [0.717, 1.165) is 51.4 Å². The average Bonchev–Trinajstić information content (AvgIpc) is 2.81. The number of fused-ring (bicyclic) bond motifs is 5. The molecule has 0 aromatic rings. The predicted molar refractivity (Wildman–Crippen MR) is 94.3 cm³/mol. The predicted octanol–water partition coefficient (Wildman–Crippen LogP) is 3.42. The van der Waals surface area contributed by atoms with Crippen molar-refractivity contribution in [2.24, 2.45) is 28.6 Å². The molecule has 24 heavy (non-hydrogen) atoms. The summed E-state index contributed by atoms with van der Waals surface area (Å²) >= 11 is 0. The fourth-order valence-electron chi connectivity index (χ4n) is 7.23. The van der Waals surface area contributed by atoms with Gasteiger partial charge in [-0.3, -0.25) is 0 Å². The lowest BCUT2D eigenvalue weighted by Crippen LogP contribution is -2.56. The zero-order chi connectivity index (χ0) is 17.3. The van der Waals surface area contributed by atoms with Crippen molar-refractivity contribution in [3.05, 3.63) is 11.6 Å². The molecule has 136 valence electrons. The van der Waals surface area contributed by atoms with Crippen LogP contribution in [0.25, 0.3) is 0 Å². The van der Waals surface area contributed by atoms with E-state index in [4.69, 9.17) is 0 Å². The molecule has 0 spiro atoms. The van der Waals surface area contributed by atoms with Crippen LogP contribution in [0.3, 0.4) is 0 Å². The van der Waals surface area contributed by atoms with E-state index < -0.39 is 11.7 Å². The van der Waals surface area contributed by atoms with E-state index in [0.29, 0.717) is 23.2 Å². The molecule has 0 heterocycles. The maximum atomic E-state index is 11.2. The van der Waals surface area contributed by atoms with E-state index in [2.05, 4.69) is 19.9 Å². The van der Waals surface area contributed by atoms with Gasteiger partial charge < -0.3 is 15.3 Å². The van der Waals surface area contributed by atoms with Crippen LogP contribution >= 0.6 is 0 Å². The maximum absolute atomic E-state index is 11.2. The lowest BCUT2D eigenvalue weighted by Gasteiger charge is -2.58. The lowest BCUT2D eigenvalue weighted by atomic mass is 9.47. The first kappa shape index (κ1) is 17.1. The number of aliphatic hydroxyl groups excluding tert-OH is 2. The first-order chi connectivity index (χ1) is 11.2. The highest BCUT2D eigenvalue weighted by Gasteiger charge is 2.64. The van der Waals surface area contributed by atoms with Crippen LogP contribution in [0.5, 0.6) is 0 Å². The van der Waals surface area contributed by atoms with Crippen LogP contribution in [0.15, 0.2) is 11.6 Å². The van der Waals surface area contributed by atoms with E-state index in [-0.39, 0.29) is 11.5 Å². The molecule has 0 bridgehead atoms. The Balaban J connectivity index is 1.69. The maximum Gasteiger partial charge on any atom is 0.0961 e. The quantitative estimate of drug-likeness (QED) is 0.644. The third-order valence-electron chi connectivity index (χ3n) is 8.96. The molecular formula is C21H34O3. The lowest BCUT2D eigenvalue weighted by molar-refractivity contribution is -0.152.